The van der Waals surface area contributed by atoms with Gasteiger partial charge >= 0.3 is 0 Å². The fourth-order valence-corrected chi connectivity index (χ4v) is 2.40. The van der Waals surface area contributed by atoms with Gasteiger partial charge in [-0.05, 0) is 19.3 Å². The molecule has 2 rings (SSSR count). The van der Waals surface area contributed by atoms with E-state index in [4.69, 9.17) is 10.5 Å². The van der Waals surface area contributed by atoms with Crippen molar-refractivity contribution in [3.05, 3.63) is 0 Å². The van der Waals surface area contributed by atoms with Gasteiger partial charge in [-0.15, -0.1) is 0 Å². The molecule has 2 saturated heterocycles. The number of carbonyl (C=O) groups is 1. The lowest BCUT2D eigenvalue weighted by Gasteiger charge is -2.31. The second-order valence-corrected chi connectivity index (χ2v) is 4.96. The van der Waals surface area contributed by atoms with Crippen molar-refractivity contribution in [3.63, 3.8) is 0 Å². The third-order valence-electron chi connectivity index (χ3n) is 3.57. The van der Waals surface area contributed by atoms with Crippen molar-refractivity contribution in [1.29, 1.82) is 0 Å². The number of nitrogens with two attached hydrogens (primary N) is 1. The van der Waals surface area contributed by atoms with Crippen LogP contribution in [0.4, 0.5) is 0 Å². The Bertz CT molecular complexity index is 244. The predicted molar refractivity (Wildman–Crippen MR) is 65.7 cm³/mol. The Morgan fingerprint density at radius 1 is 1.18 bits per heavy atom. The van der Waals surface area contributed by atoms with Crippen LogP contribution in [-0.2, 0) is 9.53 Å². The molecule has 0 atom stereocenters. The van der Waals surface area contributed by atoms with E-state index in [9.17, 15) is 4.79 Å². The van der Waals surface area contributed by atoms with Crippen molar-refractivity contribution in [2.45, 2.75) is 25.3 Å². The molecule has 5 nitrogen and oxygen atoms in total. The van der Waals surface area contributed by atoms with Gasteiger partial charge in [0.2, 0.25) is 5.91 Å². The third-order valence-corrected chi connectivity index (χ3v) is 3.57. The molecular formula is C12H23N3O2. The molecule has 0 aromatic carbocycles. The summed E-state index contributed by atoms with van der Waals surface area (Å²) in [6, 6.07) is 0.327. The molecule has 0 radical (unpaired) electrons. The van der Waals surface area contributed by atoms with E-state index in [1.54, 1.807) is 0 Å². The number of rotatable bonds is 2. The zero-order valence-electron chi connectivity index (χ0n) is 10.4. The highest BCUT2D eigenvalue weighted by molar-refractivity contribution is 5.78. The Hall–Kier alpha value is -0.650. The standard InChI is InChI=1S/C12H23N3O2/c13-11-2-5-14(6-3-11)10-12(16)15-4-1-8-17-9-7-15/h11H,1-10,13H2. The van der Waals surface area contributed by atoms with Crippen LogP contribution < -0.4 is 5.73 Å². The van der Waals surface area contributed by atoms with E-state index >= 15 is 0 Å². The molecule has 2 fully saturated rings. The molecule has 2 aliphatic heterocycles. The van der Waals surface area contributed by atoms with Crippen LogP contribution in [-0.4, -0.2) is 67.7 Å². The van der Waals surface area contributed by atoms with Crippen molar-refractivity contribution < 1.29 is 9.53 Å². The topological polar surface area (TPSA) is 58.8 Å². The first kappa shape index (κ1) is 12.8. The fourth-order valence-electron chi connectivity index (χ4n) is 2.40. The van der Waals surface area contributed by atoms with Crippen LogP contribution in [0.2, 0.25) is 0 Å². The molecule has 2 aliphatic rings. The van der Waals surface area contributed by atoms with Crippen LogP contribution in [0.5, 0.6) is 0 Å². The number of hydrogen-bond donors (Lipinski definition) is 1. The molecule has 2 N–H and O–H groups in total. The minimum absolute atomic E-state index is 0.242. The summed E-state index contributed by atoms with van der Waals surface area (Å²) in [5.41, 5.74) is 5.85. The molecule has 5 heteroatoms. The van der Waals surface area contributed by atoms with Crippen molar-refractivity contribution >= 4 is 5.91 Å². The summed E-state index contributed by atoms with van der Waals surface area (Å²) in [4.78, 5) is 16.2. The quantitative estimate of drug-likeness (QED) is 0.718. The lowest BCUT2D eigenvalue weighted by Crippen LogP contribution is -2.46. The van der Waals surface area contributed by atoms with Gasteiger partial charge in [0.1, 0.15) is 0 Å². The lowest BCUT2D eigenvalue weighted by atomic mass is 10.1. The van der Waals surface area contributed by atoms with Crippen LogP contribution in [0.15, 0.2) is 0 Å². The molecule has 0 aromatic heterocycles. The molecular weight excluding hydrogens is 218 g/mol. The van der Waals surface area contributed by atoms with Crippen LogP contribution in [0, 0.1) is 0 Å². The average Bonchev–Trinajstić information content (AvgIpc) is 2.61. The summed E-state index contributed by atoms with van der Waals surface area (Å²) >= 11 is 0. The summed E-state index contributed by atoms with van der Waals surface area (Å²) in [7, 11) is 0. The first-order valence-corrected chi connectivity index (χ1v) is 6.59. The first-order chi connectivity index (χ1) is 8.25. The van der Waals surface area contributed by atoms with Gasteiger partial charge in [-0.2, -0.15) is 0 Å². The van der Waals surface area contributed by atoms with E-state index < -0.39 is 0 Å². The number of piperidine rings is 1. The predicted octanol–water partition coefficient (Wildman–Crippen LogP) is -0.342. The zero-order valence-corrected chi connectivity index (χ0v) is 10.4. The fraction of sp³-hybridized carbons (Fsp3) is 0.917. The molecule has 0 unspecified atom stereocenters. The van der Waals surface area contributed by atoms with Gasteiger partial charge in [-0.3, -0.25) is 9.69 Å². The number of carbonyl (C=O) groups excluding carboxylic acids is 1. The Kier molecular flexibility index (Phi) is 4.76. The normalized spacial score (nSPS) is 24.6. The molecule has 1 amide bonds. The molecule has 0 aromatic rings. The largest absolute Gasteiger partial charge is 0.380 e. The molecule has 0 saturated carbocycles. The van der Waals surface area contributed by atoms with Crippen LogP contribution >= 0.6 is 0 Å². The van der Waals surface area contributed by atoms with Crippen LogP contribution in [0.1, 0.15) is 19.3 Å². The zero-order chi connectivity index (χ0) is 12.1. The van der Waals surface area contributed by atoms with Gasteiger partial charge in [0, 0.05) is 38.8 Å². The minimum Gasteiger partial charge on any atom is -0.380 e. The monoisotopic (exact) mass is 241 g/mol. The van der Waals surface area contributed by atoms with Crippen molar-refractivity contribution in [1.82, 2.24) is 9.80 Å². The Labute approximate surface area is 103 Å². The maximum Gasteiger partial charge on any atom is 0.236 e. The van der Waals surface area contributed by atoms with E-state index in [1.807, 2.05) is 4.90 Å². The minimum atomic E-state index is 0.242. The van der Waals surface area contributed by atoms with Crippen LogP contribution in [0.25, 0.3) is 0 Å². The highest BCUT2D eigenvalue weighted by atomic mass is 16.5. The smallest absolute Gasteiger partial charge is 0.236 e. The van der Waals surface area contributed by atoms with Crippen molar-refractivity contribution in [2.75, 3.05) is 45.9 Å². The number of likely N-dealkylation sites (tertiary alicyclic amines) is 1. The van der Waals surface area contributed by atoms with Crippen molar-refractivity contribution in [3.8, 4) is 0 Å². The number of nitrogens with zero attached hydrogens (tertiary/aromatic N) is 2. The molecule has 98 valence electrons. The highest BCUT2D eigenvalue weighted by Gasteiger charge is 2.21. The summed E-state index contributed by atoms with van der Waals surface area (Å²) in [5, 5.41) is 0. The van der Waals surface area contributed by atoms with Gasteiger partial charge in [-0.1, -0.05) is 0 Å². The third kappa shape index (κ3) is 3.94. The van der Waals surface area contributed by atoms with Gasteiger partial charge in [0.15, 0.2) is 0 Å². The van der Waals surface area contributed by atoms with Crippen molar-refractivity contribution in [2.24, 2.45) is 5.73 Å². The summed E-state index contributed by atoms with van der Waals surface area (Å²) in [6.45, 7) is 5.50. The highest BCUT2D eigenvalue weighted by Crippen LogP contribution is 2.09. The Balaban J connectivity index is 1.75. The Morgan fingerprint density at radius 2 is 1.94 bits per heavy atom. The maximum absolute atomic E-state index is 12.1. The molecule has 0 aliphatic carbocycles. The van der Waals surface area contributed by atoms with E-state index in [-0.39, 0.29) is 5.91 Å². The maximum atomic E-state index is 12.1. The summed E-state index contributed by atoms with van der Waals surface area (Å²) < 4.78 is 5.35. The molecule has 0 spiro atoms. The molecule has 17 heavy (non-hydrogen) atoms. The lowest BCUT2D eigenvalue weighted by molar-refractivity contribution is -0.132. The SMILES string of the molecule is NC1CCN(CC(=O)N2CCCOCC2)CC1. The van der Waals surface area contributed by atoms with Gasteiger partial charge in [0.05, 0.1) is 13.2 Å². The Morgan fingerprint density at radius 3 is 2.71 bits per heavy atom. The van der Waals surface area contributed by atoms with E-state index in [2.05, 4.69) is 4.90 Å². The summed E-state index contributed by atoms with van der Waals surface area (Å²) in [5.74, 6) is 0.242. The second kappa shape index (κ2) is 6.33. The summed E-state index contributed by atoms with van der Waals surface area (Å²) in [6.07, 6.45) is 2.98. The second-order valence-electron chi connectivity index (χ2n) is 4.96. The molecule has 0 bridgehead atoms. The average molecular weight is 241 g/mol. The molecule has 2 heterocycles. The van der Waals surface area contributed by atoms with Crippen LogP contribution in [0.3, 0.4) is 0 Å². The number of amides is 1. The van der Waals surface area contributed by atoms with E-state index in [0.29, 0.717) is 19.2 Å². The number of hydrogen-bond acceptors (Lipinski definition) is 4. The van der Waals surface area contributed by atoms with Gasteiger partial charge in [0.25, 0.3) is 0 Å². The first-order valence-electron chi connectivity index (χ1n) is 6.59. The number of ether oxygens (including phenoxy) is 1. The van der Waals surface area contributed by atoms with Gasteiger partial charge < -0.3 is 15.4 Å². The van der Waals surface area contributed by atoms with Gasteiger partial charge in [-0.25, -0.2) is 0 Å². The van der Waals surface area contributed by atoms with E-state index in [0.717, 1.165) is 52.0 Å². The van der Waals surface area contributed by atoms with E-state index in [1.165, 1.54) is 0 Å².